The van der Waals surface area contributed by atoms with Crippen LogP contribution in [0.5, 0.6) is 5.75 Å². The lowest BCUT2D eigenvalue weighted by Crippen LogP contribution is -2.44. The minimum absolute atomic E-state index is 0.101. The molecule has 0 unspecified atom stereocenters. The Kier molecular flexibility index (Phi) is 4.98. The summed E-state index contributed by atoms with van der Waals surface area (Å²) in [5, 5.41) is 27.3. The molecule has 1 rings (SSSR count). The SMILES string of the molecule is CC(C)(C)NC(=S)N/N=C/c1cc([N+](=O)[O-])ccc1O. The minimum Gasteiger partial charge on any atom is -0.507 e. The molecule has 108 valence electrons. The van der Waals surface area contributed by atoms with Gasteiger partial charge in [-0.2, -0.15) is 5.10 Å². The summed E-state index contributed by atoms with van der Waals surface area (Å²) >= 11 is 5.01. The van der Waals surface area contributed by atoms with Crippen LogP contribution in [0, 0.1) is 10.1 Å². The molecule has 0 saturated carbocycles. The largest absolute Gasteiger partial charge is 0.507 e. The Morgan fingerprint density at radius 2 is 2.15 bits per heavy atom. The number of non-ortho nitro benzene ring substituents is 1. The molecule has 1 aromatic carbocycles. The lowest BCUT2D eigenvalue weighted by Gasteiger charge is -2.21. The average molecular weight is 296 g/mol. The van der Waals surface area contributed by atoms with Crippen molar-refractivity contribution in [2.45, 2.75) is 26.3 Å². The Balaban J connectivity index is 2.73. The van der Waals surface area contributed by atoms with Gasteiger partial charge in [-0.05, 0) is 39.1 Å². The number of aromatic hydroxyl groups is 1. The Bertz CT molecular complexity index is 552. The van der Waals surface area contributed by atoms with Crippen LogP contribution in [0.1, 0.15) is 26.3 Å². The van der Waals surface area contributed by atoms with E-state index in [-0.39, 0.29) is 22.5 Å². The highest BCUT2D eigenvalue weighted by molar-refractivity contribution is 7.80. The first-order valence-corrected chi connectivity index (χ1v) is 6.18. The number of hydrazone groups is 1. The number of nitrogens with zero attached hydrogens (tertiary/aromatic N) is 2. The van der Waals surface area contributed by atoms with Crippen LogP contribution in [0.4, 0.5) is 5.69 Å². The van der Waals surface area contributed by atoms with Crippen molar-refractivity contribution in [3.8, 4) is 5.75 Å². The van der Waals surface area contributed by atoms with Crippen LogP contribution >= 0.6 is 12.2 Å². The van der Waals surface area contributed by atoms with Gasteiger partial charge in [-0.25, -0.2) is 0 Å². The molecule has 0 aromatic heterocycles. The standard InChI is InChI=1S/C12H16N4O3S/c1-12(2,3)14-11(20)15-13-7-8-6-9(16(18)19)4-5-10(8)17/h4-7,17H,1-3H3,(H2,14,15,20)/b13-7+. The second kappa shape index (κ2) is 6.29. The van der Waals surface area contributed by atoms with Crippen LogP contribution < -0.4 is 10.7 Å². The molecule has 0 aliphatic carbocycles. The maximum atomic E-state index is 10.6. The van der Waals surface area contributed by atoms with Crippen molar-refractivity contribution in [1.82, 2.24) is 10.7 Å². The van der Waals surface area contributed by atoms with Crippen LogP contribution in [-0.4, -0.2) is 26.9 Å². The zero-order chi connectivity index (χ0) is 15.3. The van der Waals surface area contributed by atoms with E-state index in [1.807, 2.05) is 20.8 Å². The molecular formula is C12H16N4O3S. The number of rotatable bonds is 3. The van der Waals surface area contributed by atoms with Gasteiger partial charge in [0.1, 0.15) is 5.75 Å². The van der Waals surface area contributed by atoms with Gasteiger partial charge in [-0.15, -0.1) is 0 Å². The van der Waals surface area contributed by atoms with E-state index < -0.39 is 4.92 Å². The van der Waals surface area contributed by atoms with Gasteiger partial charge in [0.15, 0.2) is 5.11 Å². The Labute approximate surface area is 121 Å². The van der Waals surface area contributed by atoms with Gasteiger partial charge in [0.05, 0.1) is 11.1 Å². The van der Waals surface area contributed by atoms with E-state index in [0.717, 1.165) is 0 Å². The fourth-order valence-electron chi connectivity index (χ4n) is 1.29. The van der Waals surface area contributed by atoms with E-state index in [9.17, 15) is 15.2 Å². The summed E-state index contributed by atoms with van der Waals surface area (Å²) in [4.78, 5) is 10.1. The second-order valence-corrected chi connectivity index (χ2v) is 5.48. The topological polar surface area (TPSA) is 99.8 Å². The molecular weight excluding hydrogens is 280 g/mol. The first-order valence-electron chi connectivity index (χ1n) is 5.78. The Hall–Kier alpha value is -2.22. The highest BCUT2D eigenvalue weighted by Gasteiger charge is 2.11. The van der Waals surface area contributed by atoms with Crippen molar-refractivity contribution >= 4 is 29.2 Å². The molecule has 0 amide bonds. The van der Waals surface area contributed by atoms with Crippen LogP contribution in [-0.2, 0) is 0 Å². The number of phenolic OH excluding ortho intramolecular Hbond substituents is 1. The van der Waals surface area contributed by atoms with E-state index in [4.69, 9.17) is 12.2 Å². The molecule has 8 heteroatoms. The lowest BCUT2D eigenvalue weighted by molar-refractivity contribution is -0.384. The Morgan fingerprint density at radius 1 is 1.50 bits per heavy atom. The highest BCUT2D eigenvalue weighted by Crippen LogP contribution is 2.21. The summed E-state index contributed by atoms with van der Waals surface area (Å²) in [5.74, 6) is -0.101. The van der Waals surface area contributed by atoms with Gasteiger partial charge in [-0.3, -0.25) is 15.5 Å². The number of hydrogen-bond donors (Lipinski definition) is 3. The molecule has 0 atom stereocenters. The Morgan fingerprint density at radius 3 is 2.70 bits per heavy atom. The van der Waals surface area contributed by atoms with Gasteiger partial charge in [0.25, 0.3) is 5.69 Å². The molecule has 0 fully saturated rings. The number of nitrogens with one attached hydrogen (secondary N) is 2. The number of hydrogen-bond acceptors (Lipinski definition) is 5. The predicted molar refractivity (Wildman–Crippen MR) is 81.0 cm³/mol. The zero-order valence-electron chi connectivity index (χ0n) is 11.4. The molecule has 0 saturated heterocycles. The molecule has 0 aliphatic rings. The average Bonchev–Trinajstić information content (AvgIpc) is 2.28. The van der Waals surface area contributed by atoms with Crippen molar-refractivity contribution in [2.24, 2.45) is 5.10 Å². The molecule has 3 N–H and O–H groups in total. The van der Waals surface area contributed by atoms with Crippen LogP contribution in [0.25, 0.3) is 0 Å². The van der Waals surface area contributed by atoms with Crippen LogP contribution in [0.2, 0.25) is 0 Å². The smallest absolute Gasteiger partial charge is 0.270 e. The van der Waals surface area contributed by atoms with Gasteiger partial charge in [0.2, 0.25) is 0 Å². The fourth-order valence-corrected chi connectivity index (χ4v) is 1.65. The van der Waals surface area contributed by atoms with Crippen molar-refractivity contribution in [1.29, 1.82) is 0 Å². The summed E-state index contributed by atoms with van der Waals surface area (Å²) in [6, 6.07) is 3.68. The normalized spacial score (nSPS) is 11.3. The highest BCUT2D eigenvalue weighted by atomic mass is 32.1. The molecule has 0 radical (unpaired) electrons. The molecule has 0 spiro atoms. The quantitative estimate of drug-likeness (QED) is 0.341. The molecule has 0 aliphatic heterocycles. The van der Waals surface area contributed by atoms with Crippen molar-refractivity contribution < 1.29 is 10.0 Å². The number of nitro benzene ring substituents is 1. The summed E-state index contributed by atoms with van der Waals surface area (Å²) in [6.45, 7) is 5.82. The van der Waals surface area contributed by atoms with Crippen molar-refractivity contribution in [3.63, 3.8) is 0 Å². The minimum atomic E-state index is -0.546. The maximum absolute atomic E-state index is 10.6. The number of benzene rings is 1. The summed E-state index contributed by atoms with van der Waals surface area (Å²) in [5.41, 5.74) is 2.47. The monoisotopic (exact) mass is 296 g/mol. The predicted octanol–water partition coefficient (Wildman–Crippen LogP) is 1.90. The van der Waals surface area contributed by atoms with Crippen molar-refractivity contribution in [3.05, 3.63) is 33.9 Å². The van der Waals surface area contributed by atoms with Gasteiger partial charge in [0, 0.05) is 23.2 Å². The molecule has 20 heavy (non-hydrogen) atoms. The zero-order valence-corrected chi connectivity index (χ0v) is 12.2. The van der Waals surface area contributed by atoms with Gasteiger partial charge in [-0.1, -0.05) is 0 Å². The molecule has 0 heterocycles. The van der Waals surface area contributed by atoms with E-state index >= 15 is 0 Å². The maximum Gasteiger partial charge on any atom is 0.270 e. The van der Waals surface area contributed by atoms with E-state index in [0.29, 0.717) is 5.11 Å². The summed E-state index contributed by atoms with van der Waals surface area (Å²) in [7, 11) is 0. The molecule has 1 aromatic rings. The number of nitro groups is 1. The summed E-state index contributed by atoms with van der Waals surface area (Å²) in [6.07, 6.45) is 1.26. The first-order chi connectivity index (χ1) is 9.19. The van der Waals surface area contributed by atoms with E-state index in [1.54, 1.807) is 0 Å². The third-order valence-electron chi connectivity index (χ3n) is 2.08. The first kappa shape index (κ1) is 15.8. The number of thiocarbonyl (C=S) groups is 1. The third-order valence-corrected chi connectivity index (χ3v) is 2.27. The van der Waals surface area contributed by atoms with Crippen molar-refractivity contribution in [2.75, 3.05) is 0 Å². The molecule has 7 nitrogen and oxygen atoms in total. The van der Waals surface area contributed by atoms with Gasteiger partial charge >= 0.3 is 0 Å². The van der Waals surface area contributed by atoms with E-state index in [1.165, 1.54) is 24.4 Å². The van der Waals surface area contributed by atoms with E-state index in [2.05, 4.69) is 15.8 Å². The van der Waals surface area contributed by atoms with Crippen LogP contribution in [0.15, 0.2) is 23.3 Å². The molecule has 0 bridgehead atoms. The fraction of sp³-hybridized carbons (Fsp3) is 0.333. The lowest BCUT2D eigenvalue weighted by atomic mass is 10.1. The van der Waals surface area contributed by atoms with Crippen LogP contribution in [0.3, 0.4) is 0 Å². The third kappa shape index (κ3) is 5.19. The number of phenols is 1. The summed E-state index contributed by atoms with van der Waals surface area (Å²) < 4.78 is 0. The van der Waals surface area contributed by atoms with Gasteiger partial charge < -0.3 is 10.4 Å². The second-order valence-electron chi connectivity index (χ2n) is 5.07.